The first-order valence-electron chi connectivity index (χ1n) is 9.91. The Morgan fingerprint density at radius 3 is 2.64 bits per heavy atom. The number of nitrogens with zero attached hydrogens (tertiary/aromatic N) is 2. The van der Waals surface area contributed by atoms with Crippen LogP contribution in [0.2, 0.25) is 0 Å². The predicted molar refractivity (Wildman–Crippen MR) is 109 cm³/mol. The summed E-state index contributed by atoms with van der Waals surface area (Å²) < 4.78 is 15.1. The molecule has 160 valence electrons. The molecule has 0 aromatic heterocycles. The Kier molecular flexibility index (Phi) is 8.12. The monoisotopic (exact) mass is 416 g/mol. The van der Waals surface area contributed by atoms with Crippen LogP contribution in [0.25, 0.3) is 0 Å². The second-order valence-electron chi connectivity index (χ2n) is 8.29. The summed E-state index contributed by atoms with van der Waals surface area (Å²) in [5, 5.41) is 5.35. The van der Waals surface area contributed by atoms with E-state index in [0.717, 1.165) is 17.9 Å². The maximum Gasteiger partial charge on any atom is 0.245 e. The van der Waals surface area contributed by atoms with Gasteiger partial charge in [-0.3, -0.25) is 19.3 Å². The molecule has 2 saturated heterocycles. The van der Waals surface area contributed by atoms with Gasteiger partial charge in [0.05, 0.1) is 19.6 Å². The van der Waals surface area contributed by atoms with Gasteiger partial charge in [0.2, 0.25) is 17.7 Å². The van der Waals surface area contributed by atoms with Gasteiger partial charge in [0.15, 0.2) is 0 Å². The zero-order valence-electron chi connectivity index (χ0n) is 17.3. The minimum atomic E-state index is -1.63. The Labute approximate surface area is 171 Å². The molecule has 2 fully saturated rings. The third-order valence-electron chi connectivity index (χ3n) is 5.43. The summed E-state index contributed by atoms with van der Waals surface area (Å²) in [6, 6.07) is -0.260. The van der Waals surface area contributed by atoms with Gasteiger partial charge in [0.25, 0.3) is 0 Å². The molecule has 28 heavy (non-hydrogen) atoms. The third-order valence-corrected chi connectivity index (χ3v) is 6.58. The summed E-state index contributed by atoms with van der Waals surface area (Å²) in [6.07, 6.45) is 1.25. The number of likely N-dealkylation sites (N-methyl/N-ethyl adjacent to an activating group) is 1. The number of carbonyl (C=O) groups is 3. The van der Waals surface area contributed by atoms with Crippen molar-refractivity contribution in [1.29, 1.82) is 0 Å². The Morgan fingerprint density at radius 2 is 2.07 bits per heavy atom. The number of carbonyl (C=O) groups excluding carboxylic acids is 3. The fourth-order valence-electron chi connectivity index (χ4n) is 3.64. The van der Waals surface area contributed by atoms with Gasteiger partial charge in [-0.25, -0.2) is 4.39 Å². The SMILES string of the molecule is CC(=O)NC(C(=O)N1CCC(F)(CNC(=O)CN(C)C2CCSC2)C1)C(C)C. The van der Waals surface area contributed by atoms with E-state index in [4.69, 9.17) is 0 Å². The zero-order chi connectivity index (χ0) is 20.9. The quantitative estimate of drug-likeness (QED) is 0.607. The second kappa shape index (κ2) is 9.91. The van der Waals surface area contributed by atoms with Crippen LogP contribution in [0.1, 0.15) is 33.6 Å². The van der Waals surface area contributed by atoms with E-state index in [-0.39, 0.29) is 56.2 Å². The molecular weight excluding hydrogens is 383 g/mol. The van der Waals surface area contributed by atoms with Crippen molar-refractivity contribution in [2.45, 2.75) is 51.4 Å². The minimum Gasteiger partial charge on any atom is -0.352 e. The van der Waals surface area contributed by atoms with Gasteiger partial charge >= 0.3 is 0 Å². The minimum absolute atomic E-state index is 0.0655. The van der Waals surface area contributed by atoms with Gasteiger partial charge < -0.3 is 15.5 Å². The average Bonchev–Trinajstić information content (AvgIpc) is 3.27. The zero-order valence-corrected chi connectivity index (χ0v) is 18.1. The molecule has 0 aromatic carbocycles. The smallest absolute Gasteiger partial charge is 0.245 e. The summed E-state index contributed by atoms with van der Waals surface area (Å²) >= 11 is 1.88. The molecule has 7 nitrogen and oxygen atoms in total. The number of likely N-dealkylation sites (tertiary alicyclic amines) is 1. The summed E-state index contributed by atoms with van der Waals surface area (Å²) in [7, 11) is 1.92. The van der Waals surface area contributed by atoms with Crippen LogP contribution in [0, 0.1) is 5.92 Å². The molecular formula is C19H33FN4O3S. The fourth-order valence-corrected chi connectivity index (χ4v) is 4.93. The average molecular weight is 417 g/mol. The van der Waals surface area contributed by atoms with Crippen molar-refractivity contribution < 1.29 is 18.8 Å². The lowest BCUT2D eigenvalue weighted by Crippen LogP contribution is -2.51. The highest BCUT2D eigenvalue weighted by Crippen LogP contribution is 2.26. The van der Waals surface area contributed by atoms with Gasteiger partial charge in [-0.2, -0.15) is 11.8 Å². The van der Waals surface area contributed by atoms with Crippen LogP contribution in [0.15, 0.2) is 0 Å². The van der Waals surface area contributed by atoms with Crippen molar-refractivity contribution in [3.05, 3.63) is 0 Å². The highest BCUT2D eigenvalue weighted by molar-refractivity contribution is 7.99. The second-order valence-corrected chi connectivity index (χ2v) is 9.44. The largest absolute Gasteiger partial charge is 0.352 e. The molecule has 0 aliphatic carbocycles. The molecule has 0 aromatic rings. The van der Waals surface area contributed by atoms with Crippen LogP contribution in [0.5, 0.6) is 0 Å². The Hall–Kier alpha value is -1.35. The number of alkyl halides is 1. The number of rotatable bonds is 8. The van der Waals surface area contributed by atoms with Gasteiger partial charge in [0.1, 0.15) is 11.7 Å². The van der Waals surface area contributed by atoms with Gasteiger partial charge in [-0.15, -0.1) is 0 Å². The van der Waals surface area contributed by atoms with E-state index in [1.807, 2.05) is 37.6 Å². The van der Waals surface area contributed by atoms with Crippen molar-refractivity contribution in [3.8, 4) is 0 Å². The van der Waals surface area contributed by atoms with E-state index < -0.39 is 11.7 Å². The van der Waals surface area contributed by atoms with E-state index in [1.54, 1.807) is 0 Å². The lowest BCUT2D eigenvalue weighted by Gasteiger charge is -2.28. The molecule has 3 amide bonds. The maximum atomic E-state index is 15.1. The fraction of sp³-hybridized carbons (Fsp3) is 0.842. The van der Waals surface area contributed by atoms with Crippen LogP contribution in [-0.2, 0) is 14.4 Å². The molecule has 2 aliphatic heterocycles. The van der Waals surface area contributed by atoms with Crippen LogP contribution in [0.4, 0.5) is 4.39 Å². The van der Waals surface area contributed by atoms with Crippen LogP contribution >= 0.6 is 11.8 Å². The van der Waals surface area contributed by atoms with Crippen molar-refractivity contribution in [3.63, 3.8) is 0 Å². The van der Waals surface area contributed by atoms with Crippen LogP contribution in [-0.4, -0.2) is 90.0 Å². The van der Waals surface area contributed by atoms with Crippen LogP contribution in [0.3, 0.4) is 0 Å². The summed E-state index contributed by atoms with van der Waals surface area (Å²) in [6.45, 7) is 5.42. The van der Waals surface area contributed by atoms with Crippen molar-refractivity contribution in [2.75, 3.05) is 44.7 Å². The predicted octanol–water partition coefficient (Wildman–Crippen LogP) is 0.641. The van der Waals surface area contributed by atoms with Gasteiger partial charge in [-0.1, -0.05) is 13.8 Å². The Balaban J connectivity index is 1.82. The van der Waals surface area contributed by atoms with E-state index in [1.165, 1.54) is 11.8 Å². The standard InChI is InChI=1S/C19H33FN4O3S/c1-13(2)17(22-14(3)25)18(27)24-7-6-19(20,12-24)11-21-16(26)9-23(4)15-5-8-28-10-15/h13,15,17H,5-12H2,1-4H3,(H,21,26)(H,22,25). The lowest BCUT2D eigenvalue weighted by atomic mass is 10.0. The molecule has 2 heterocycles. The third kappa shape index (κ3) is 6.34. The molecule has 0 spiro atoms. The first-order valence-corrected chi connectivity index (χ1v) is 11.1. The van der Waals surface area contributed by atoms with Gasteiger partial charge in [-0.05, 0) is 25.1 Å². The van der Waals surface area contributed by atoms with Crippen LogP contribution < -0.4 is 10.6 Å². The van der Waals surface area contributed by atoms with E-state index in [9.17, 15) is 14.4 Å². The van der Waals surface area contributed by atoms with Gasteiger partial charge in [0, 0.05) is 31.7 Å². The highest BCUT2D eigenvalue weighted by atomic mass is 32.2. The molecule has 2 rings (SSSR count). The highest BCUT2D eigenvalue weighted by Gasteiger charge is 2.42. The first-order chi connectivity index (χ1) is 13.1. The Bertz CT molecular complexity index is 586. The molecule has 0 saturated carbocycles. The molecule has 2 aliphatic rings. The number of thioether (sulfide) groups is 1. The summed E-state index contributed by atoms with van der Waals surface area (Å²) in [5.74, 6) is 1.31. The maximum absolute atomic E-state index is 15.1. The van der Waals surface area contributed by atoms with Crippen molar-refractivity contribution in [1.82, 2.24) is 20.4 Å². The Morgan fingerprint density at radius 1 is 1.36 bits per heavy atom. The van der Waals surface area contributed by atoms with Crippen molar-refractivity contribution in [2.24, 2.45) is 5.92 Å². The number of hydrogen-bond donors (Lipinski definition) is 2. The molecule has 3 unspecified atom stereocenters. The summed E-state index contributed by atoms with van der Waals surface area (Å²) in [5.41, 5.74) is -1.63. The molecule has 9 heteroatoms. The number of hydrogen-bond acceptors (Lipinski definition) is 5. The van der Waals surface area contributed by atoms with E-state index >= 15 is 4.39 Å². The topological polar surface area (TPSA) is 81.8 Å². The normalized spacial score (nSPS) is 26.0. The lowest BCUT2D eigenvalue weighted by molar-refractivity contribution is -0.136. The number of amides is 3. The number of halogens is 1. The summed E-state index contributed by atoms with van der Waals surface area (Å²) in [4.78, 5) is 39.7. The molecule has 0 bridgehead atoms. The van der Waals surface area contributed by atoms with E-state index in [2.05, 4.69) is 10.6 Å². The molecule has 2 N–H and O–H groups in total. The van der Waals surface area contributed by atoms with Crippen molar-refractivity contribution >= 4 is 29.5 Å². The first kappa shape index (κ1) is 22.9. The molecule has 3 atom stereocenters. The van der Waals surface area contributed by atoms with E-state index in [0.29, 0.717) is 6.04 Å². The molecule has 0 radical (unpaired) electrons. The number of nitrogens with one attached hydrogen (secondary N) is 2.